The Balaban J connectivity index is 0.953. The van der Waals surface area contributed by atoms with Gasteiger partial charge in [-0.05, 0) is 79.7 Å². The number of carbonyl (C=O) groups excluding carboxylic acids is 4. The van der Waals surface area contributed by atoms with Crippen LogP contribution in [0, 0.1) is 0 Å². The van der Waals surface area contributed by atoms with Gasteiger partial charge >= 0.3 is 6.18 Å². The molecule has 62 heavy (non-hydrogen) atoms. The molecule has 4 aromatic rings. The Bertz CT molecular complexity index is 2280. The molecule has 0 saturated carbocycles. The summed E-state index contributed by atoms with van der Waals surface area (Å²) in [5, 5.41) is 14.3. The van der Waals surface area contributed by atoms with E-state index in [-0.39, 0.29) is 64.0 Å². The van der Waals surface area contributed by atoms with Gasteiger partial charge in [-0.25, -0.2) is 4.98 Å². The second-order valence-electron chi connectivity index (χ2n) is 15.4. The van der Waals surface area contributed by atoms with Crippen LogP contribution in [-0.4, -0.2) is 116 Å². The van der Waals surface area contributed by atoms with E-state index in [2.05, 4.69) is 53.6 Å². The number of amides is 4. The van der Waals surface area contributed by atoms with Gasteiger partial charge in [-0.15, -0.1) is 0 Å². The van der Waals surface area contributed by atoms with Crippen molar-refractivity contribution in [2.75, 3.05) is 80.8 Å². The van der Waals surface area contributed by atoms with Gasteiger partial charge in [-0.2, -0.15) is 18.2 Å². The van der Waals surface area contributed by atoms with E-state index < -0.39 is 18.6 Å². The number of benzene rings is 3. The van der Waals surface area contributed by atoms with Crippen molar-refractivity contribution in [3.63, 3.8) is 0 Å². The second-order valence-corrected chi connectivity index (χ2v) is 15.8. The number of nitrogens with zero attached hydrogens (tertiary/aromatic N) is 5. The van der Waals surface area contributed by atoms with Crippen molar-refractivity contribution in [1.29, 1.82) is 0 Å². The molecule has 0 aliphatic carbocycles. The molecule has 0 radical (unpaired) electrons. The van der Waals surface area contributed by atoms with E-state index in [1.54, 1.807) is 35.2 Å². The highest BCUT2D eigenvalue weighted by atomic mass is 35.5. The van der Waals surface area contributed by atoms with Gasteiger partial charge in [0.05, 0.1) is 43.2 Å². The van der Waals surface area contributed by atoms with Gasteiger partial charge in [-0.1, -0.05) is 35.9 Å². The maximum absolute atomic E-state index is 14.0. The number of anilines is 6. The van der Waals surface area contributed by atoms with Crippen LogP contribution in [0.3, 0.4) is 0 Å². The summed E-state index contributed by atoms with van der Waals surface area (Å²) in [6.07, 6.45) is -1.87. The Kier molecular flexibility index (Phi) is 13.7. The number of alkyl halides is 3. The van der Waals surface area contributed by atoms with E-state index in [1.807, 2.05) is 17.0 Å². The van der Waals surface area contributed by atoms with Crippen LogP contribution in [0.4, 0.5) is 47.7 Å². The van der Waals surface area contributed by atoms with Crippen molar-refractivity contribution in [1.82, 2.24) is 30.4 Å². The number of methoxy groups -OCH3 is 1. The smallest absolute Gasteiger partial charge is 0.393 e. The molecule has 3 aliphatic rings. The number of piperidine rings is 2. The molecule has 0 bridgehead atoms. The average molecular weight is 877 g/mol. The molecular weight excluding hydrogens is 829 g/mol. The van der Waals surface area contributed by atoms with E-state index in [1.165, 1.54) is 32.0 Å². The normalized spacial score (nSPS) is 17.6. The van der Waals surface area contributed by atoms with Gasteiger partial charge in [0.25, 0.3) is 5.91 Å². The Morgan fingerprint density at radius 1 is 0.935 bits per heavy atom. The summed E-state index contributed by atoms with van der Waals surface area (Å²) in [4.78, 5) is 63.9. The molecule has 0 spiro atoms. The predicted molar refractivity (Wildman–Crippen MR) is 230 cm³/mol. The first-order valence-electron chi connectivity index (χ1n) is 20.4. The molecule has 1 unspecified atom stereocenters. The number of hydrogen-bond acceptors (Lipinski definition) is 12. The van der Waals surface area contributed by atoms with Crippen molar-refractivity contribution < 1.29 is 37.1 Å². The molecule has 3 aliphatic heterocycles. The fraction of sp³-hybridized carbons (Fsp3) is 0.395. The van der Waals surface area contributed by atoms with Crippen LogP contribution >= 0.6 is 11.6 Å². The van der Waals surface area contributed by atoms with Gasteiger partial charge in [-0.3, -0.25) is 29.4 Å². The number of likely N-dealkylation sites (tertiary alicyclic amines) is 1. The summed E-state index contributed by atoms with van der Waals surface area (Å²) < 4.78 is 47.8. The first-order valence-corrected chi connectivity index (χ1v) is 20.7. The first-order chi connectivity index (χ1) is 29.8. The van der Waals surface area contributed by atoms with Crippen LogP contribution in [-0.2, 0) is 20.8 Å². The lowest BCUT2D eigenvalue weighted by molar-refractivity contribution is -0.134. The fourth-order valence-electron chi connectivity index (χ4n) is 8.02. The minimum Gasteiger partial charge on any atom is -0.494 e. The first kappa shape index (κ1) is 43.9. The second kappa shape index (κ2) is 19.3. The minimum absolute atomic E-state index is 0.00971. The van der Waals surface area contributed by atoms with Gasteiger partial charge in [0, 0.05) is 57.1 Å². The number of rotatable bonds is 13. The molecule has 4 amide bonds. The van der Waals surface area contributed by atoms with Crippen LogP contribution in [0.5, 0.6) is 5.75 Å². The highest BCUT2D eigenvalue weighted by Crippen LogP contribution is 2.39. The molecule has 3 saturated heterocycles. The monoisotopic (exact) mass is 876 g/mol. The van der Waals surface area contributed by atoms with Crippen LogP contribution in [0.1, 0.15) is 53.1 Å². The lowest BCUT2D eigenvalue weighted by atomic mass is 9.89. The number of para-hydroxylation sites is 1. The number of ether oxygens (including phenoxy) is 1. The predicted octanol–water partition coefficient (Wildman–Crippen LogP) is 5.84. The molecule has 5 N–H and O–H groups in total. The maximum atomic E-state index is 14.0. The summed E-state index contributed by atoms with van der Waals surface area (Å²) in [5.74, 6) is -0.153. The summed E-state index contributed by atoms with van der Waals surface area (Å²) in [6, 6.07) is 17.2. The van der Waals surface area contributed by atoms with Gasteiger partial charge in [0.2, 0.25) is 23.7 Å². The van der Waals surface area contributed by atoms with Crippen molar-refractivity contribution in [3.8, 4) is 5.75 Å². The number of nitrogens with one attached hydrogen (secondary N) is 5. The zero-order chi connectivity index (χ0) is 44.0. The van der Waals surface area contributed by atoms with Crippen LogP contribution in [0.15, 0.2) is 66.9 Å². The lowest BCUT2D eigenvalue weighted by Gasteiger charge is -2.39. The number of hydrogen-bond donors (Lipinski definition) is 5. The van der Waals surface area contributed by atoms with Gasteiger partial charge in [0.1, 0.15) is 16.8 Å². The highest BCUT2D eigenvalue weighted by Gasteiger charge is 2.33. The van der Waals surface area contributed by atoms with E-state index in [0.717, 1.165) is 31.6 Å². The fourth-order valence-corrected chi connectivity index (χ4v) is 8.15. The number of aromatic nitrogens is 2. The van der Waals surface area contributed by atoms with Crippen molar-refractivity contribution in [2.45, 2.75) is 50.2 Å². The van der Waals surface area contributed by atoms with E-state index in [4.69, 9.17) is 16.3 Å². The molecule has 19 heteroatoms. The summed E-state index contributed by atoms with van der Waals surface area (Å²) in [7, 11) is 2.92. The van der Waals surface area contributed by atoms with Crippen LogP contribution in [0.2, 0.25) is 5.02 Å². The molecule has 15 nitrogen and oxygen atoms in total. The number of piperazine rings is 1. The lowest BCUT2D eigenvalue weighted by Crippen LogP contribution is -2.52. The average Bonchev–Trinajstić information content (AvgIpc) is 3.26. The largest absolute Gasteiger partial charge is 0.494 e. The standard InChI is InChI=1S/C43H48ClF3N10O5/c1-48-40(60)30-5-3-4-6-32(30)51-39-31(44)24-49-42(54-39)52-34-21-28(23-43(45,46)47)35(22-36(34)62-2)56-17-19-57(20-18-56)38(59)25-55-15-13-27(14-16-55)26-7-9-29(10-8-26)50-33-11-12-37(58)53-41(33)61/h3-10,21-22,24,27,33,50H,11-20,23,25H2,1-2H3,(H,48,60)(H,53,58,61)(H2,49,51,52,54). The molecule has 1 atom stereocenters. The van der Waals surface area contributed by atoms with Gasteiger partial charge in [0.15, 0.2) is 5.82 Å². The SMILES string of the molecule is CNC(=O)c1ccccc1Nc1nc(Nc2cc(CC(F)(F)F)c(N3CCN(C(=O)CN4CCC(c5ccc(NC6CCC(=O)NC6=O)cc5)CC4)CC3)cc2OC)ncc1Cl. The van der Waals surface area contributed by atoms with E-state index in [0.29, 0.717) is 61.9 Å². The Labute approximate surface area is 361 Å². The van der Waals surface area contributed by atoms with E-state index >= 15 is 0 Å². The topological polar surface area (TPSA) is 173 Å². The van der Waals surface area contributed by atoms with Crippen molar-refractivity contribution >= 4 is 69.7 Å². The van der Waals surface area contributed by atoms with Crippen LogP contribution in [0.25, 0.3) is 0 Å². The highest BCUT2D eigenvalue weighted by molar-refractivity contribution is 6.33. The van der Waals surface area contributed by atoms with Crippen molar-refractivity contribution in [2.24, 2.45) is 0 Å². The Hall–Kier alpha value is -6.14. The van der Waals surface area contributed by atoms with Crippen LogP contribution < -0.4 is 36.2 Å². The number of imide groups is 1. The number of carbonyl (C=O) groups is 4. The summed E-state index contributed by atoms with van der Waals surface area (Å²) >= 11 is 6.40. The third-order valence-corrected chi connectivity index (χ3v) is 11.6. The molecule has 3 fully saturated rings. The number of halogens is 4. The molecular formula is C43H48ClF3N10O5. The molecule has 4 heterocycles. The third-order valence-electron chi connectivity index (χ3n) is 11.3. The Morgan fingerprint density at radius 2 is 1.66 bits per heavy atom. The molecule has 3 aromatic carbocycles. The van der Waals surface area contributed by atoms with Gasteiger partial charge < -0.3 is 35.8 Å². The molecule has 1 aromatic heterocycles. The summed E-state index contributed by atoms with van der Waals surface area (Å²) in [6.45, 7) is 3.11. The molecule has 328 valence electrons. The third kappa shape index (κ3) is 10.8. The van der Waals surface area contributed by atoms with Crippen molar-refractivity contribution in [3.05, 3.63) is 88.6 Å². The van der Waals surface area contributed by atoms with E-state index in [9.17, 15) is 32.3 Å². The quantitative estimate of drug-likeness (QED) is 0.102. The minimum atomic E-state index is -4.52. The Morgan fingerprint density at radius 3 is 2.34 bits per heavy atom. The zero-order valence-electron chi connectivity index (χ0n) is 34.3. The molecule has 7 rings (SSSR count). The zero-order valence-corrected chi connectivity index (χ0v) is 35.0. The maximum Gasteiger partial charge on any atom is 0.393 e. The summed E-state index contributed by atoms with van der Waals surface area (Å²) in [5.41, 5.74) is 3.34.